The van der Waals surface area contributed by atoms with Crippen molar-refractivity contribution < 1.29 is 19.2 Å². The van der Waals surface area contributed by atoms with Gasteiger partial charge in [-0.1, -0.05) is 0 Å². The molecule has 0 N–H and O–H groups in total. The van der Waals surface area contributed by atoms with E-state index in [-0.39, 0.29) is 19.3 Å². The second-order valence-corrected chi connectivity index (χ2v) is 3.10. The van der Waals surface area contributed by atoms with E-state index in [1.54, 1.807) is 0 Å². The zero-order chi connectivity index (χ0) is 11.3. The Morgan fingerprint density at radius 2 is 2.00 bits per heavy atom. The Labute approximate surface area is 87.3 Å². The molecule has 1 heterocycles. The number of hydrogen-bond acceptors (Lipinski definition) is 4. The molecule has 80 valence electrons. The fraction of sp³-hybridized carbons (Fsp3) is 0.500. The summed E-state index contributed by atoms with van der Waals surface area (Å²) < 4.78 is 0. The van der Waals surface area contributed by atoms with Crippen molar-refractivity contribution in [1.29, 1.82) is 0 Å². The van der Waals surface area contributed by atoms with Crippen LogP contribution in [-0.2, 0) is 19.2 Å². The zero-order valence-electron chi connectivity index (χ0n) is 8.19. The molecule has 0 saturated carbocycles. The van der Waals surface area contributed by atoms with Crippen LogP contribution in [0.5, 0.6) is 0 Å². The minimum atomic E-state index is -0.603. The molecule has 2 amide bonds. The Bertz CT molecular complexity index is 313. The van der Waals surface area contributed by atoms with Gasteiger partial charge in [-0.15, -0.1) is 17.4 Å². The highest BCUT2D eigenvalue weighted by Crippen LogP contribution is 2.12. The molecule has 5 nitrogen and oxygen atoms in total. The number of imide groups is 1. The molecule has 0 aromatic rings. The first kappa shape index (κ1) is 11.2. The number of nitrogens with zero attached hydrogens (tertiary/aromatic N) is 1. The third-order valence-corrected chi connectivity index (χ3v) is 1.90. The van der Waals surface area contributed by atoms with Gasteiger partial charge in [-0.2, -0.15) is 0 Å². The maximum absolute atomic E-state index is 11.1. The zero-order valence-corrected chi connectivity index (χ0v) is 8.19. The van der Waals surface area contributed by atoms with Crippen molar-refractivity contribution in [1.82, 2.24) is 5.06 Å². The van der Waals surface area contributed by atoms with Crippen LogP contribution in [0.2, 0.25) is 0 Å². The molecule has 0 aromatic heterocycles. The van der Waals surface area contributed by atoms with Gasteiger partial charge in [0.25, 0.3) is 11.8 Å². The van der Waals surface area contributed by atoms with E-state index in [1.165, 1.54) is 0 Å². The third kappa shape index (κ3) is 3.09. The molecule has 1 aliphatic rings. The number of rotatable bonds is 4. The minimum Gasteiger partial charge on any atom is -0.330 e. The van der Waals surface area contributed by atoms with Crippen molar-refractivity contribution in [3.05, 3.63) is 0 Å². The van der Waals surface area contributed by atoms with Crippen molar-refractivity contribution in [3.63, 3.8) is 0 Å². The van der Waals surface area contributed by atoms with Crippen LogP contribution in [-0.4, -0.2) is 22.8 Å². The highest BCUT2D eigenvalue weighted by molar-refractivity contribution is 6.01. The van der Waals surface area contributed by atoms with E-state index in [0.29, 0.717) is 17.9 Å². The number of hydroxylamine groups is 2. The second kappa shape index (κ2) is 5.15. The van der Waals surface area contributed by atoms with Gasteiger partial charge in [0.1, 0.15) is 0 Å². The monoisotopic (exact) mass is 209 g/mol. The maximum Gasteiger partial charge on any atom is 0.333 e. The van der Waals surface area contributed by atoms with E-state index >= 15 is 0 Å². The van der Waals surface area contributed by atoms with E-state index < -0.39 is 17.8 Å². The first-order valence-electron chi connectivity index (χ1n) is 4.65. The molecule has 1 aliphatic heterocycles. The molecule has 0 spiro atoms. The molecule has 0 aromatic carbocycles. The molecular formula is C10H11NO4. The number of unbranched alkanes of at least 4 members (excludes halogenated alkanes) is 1. The smallest absolute Gasteiger partial charge is 0.330 e. The lowest BCUT2D eigenvalue weighted by molar-refractivity contribution is -0.197. The normalized spacial score (nSPS) is 15.3. The van der Waals surface area contributed by atoms with Crippen molar-refractivity contribution in [2.24, 2.45) is 0 Å². The van der Waals surface area contributed by atoms with Crippen molar-refractivity contribution in [2.75, 3.05) is 0 Å². The van der Waals surface area contributed by atoms with E-state index in [0.717, 1.165) is 0 Å². The lowest BCUT2D eigenvalue weighted by atomic mass is 10.2. The van der Waals surface area contributed by atoms with Crippen LogP contribution in [0.25, 0.3) is 0 Å². The van der Waals surface area contributed by atoms with Gasteiger partial charge < -0.3 is 4.84 Å². The quantitative estimate of drug-likeness (QED) is 0.382. The van der Waals surface area contributed by atoms with Gasteiger partial charge in [-0.05, 0) is 6.42 Å². The third-order valence-electron chi connectivity index (χ3n) is 1.90. The van der Waals surface area contributed by atoms with Crippen LogP contribution in [0.4, 0.5) is 0 Å². The van der Waals surface area contributed by atoms with Gasteiger partial charge in [-0.25, -0.2) is 4.79 Å². The Hall–Kier alpha value is -1.83. The number of carbonyl (C=O) groups excluding carboxylic acids is 3. The molecule has 15 heavy (non-hydrogen) atoms. The van der Waals surface area contributed by atoms with E-state index in [4.69, 9.17) is 6.42 Å². The molecule has 1 rings (SSSR count). The lowest BCUT2D eigenvalue weighted by Crippen LogP contribution is -2.31. The second-order valence-electron chi connectivity index (χ2n) is 3.10. The Morgan fingerprint density at radius 1 is 1.40 bits per heavy atom. The van der Waals surface area contributed by atoms with Crippen molar-refractivity contribution in [3.8, 4) is 12.3 Å². The fourth-order valence-corrected chi connectivity index (χ4v) is 1.14. The van der Waals surface area contributed by atoms with Crippen LogP contribution < -0.4 is 0 Å². The fourth-order valence-electron chi connectivity index (χ4n) is 1.14. The molecule has 0 atom stereocenters. The highest BCUT2D eigenvalue weighted by atomic mass is 16.7. The summed E-state index contributed by atoms with van der Waals surface area (Å²) in [6.45, 7) is 0. The number of hydrogen-bond donors (Lipinski definition) is 0. The average molecular weight is 209 g/mol. The van der Waals surface area contributed by atoms with Gasteiger partial charge >= 0.3 is 5.97 Å². The molecule has 1 fully saturated rings. The predicted octanol–water partition coefficient (Wildman–Crippen LogP) is 0.397. The Balaban J connectivity index is 2.34. The molecule has 0 unspecified atom stereocenters. The summed E-state index contributed by atoms with van der Waals surface area (Å²) in [6, 6.07) is 0. The summed E-state index contributed by atoms with van der Waals surface area (Å²) in [4.78, 5) is 37.8. The van der Waals surface area contributed by atoms with Crippen LogP contribution in [0.1, 0.15) is 32.1 Å². The average Bonchev–Trinajstić information content (AvgIpc) is 2.50. The summed E-state index contributed by atoms with van der Waals surface area (Å²) in [5.41, 5.74) is 0. The van der Waals surface area contributed by atoms with E-state index in [1.807, 2.05) is 0 Å². The van der Waals surface area contributed by atoms with Gasteiger partial charge in [0.15, 0.2) is 0 Å². The Morgan fingerprint density at radius 3 is 2.53 bits per heavy atom. The summed E-state index contributed by atoms with van der Waals surface area (Å²) in [7, 11) is 0. The molecule has 1 saturated heterocycles. The standard InChI is InChI=1S/C10H11NO4/c1-2-3-4-5-10(14)15-11-8(12)6-7-9(11)13/h1H,3-7H2. The SMILES string of the molecule is C#CCCCC(=O)ON1C(=O)CCC1=O. The van der Waals surface area contributed by atoms with Gasteiger partial charge in [0, 0.05) is 25.7 Å². The van der Waals surface area contributed by atoms with E-state index in [2.05, 4.69) is 10.8 Å². The largest absolute Gasteiger partial charge is 0.333 e. The minimum absolute atomic E-state index is 0.108. The lowest BCUT2D eigenvalue weighted by Gasteiger charge is -2.11. The van der Waals surface area contributed by atoms with Crippen LogP contribution in [0, 0.1) is 12.3 Å². The molecule has 0 radical (unpaired) electrons. The van der Waals surface area contributed by atoms with Crippen LogP contribution in [0.15, 0.2) is 0 Å². The Kier molecular flexibility index (Phi) is 3.86. The van der Waals surface area contributed by atoms with Gasteiger partial charge in [-0.3, -0.25) is 9.59 Å². The molecule has 5 heteroatoms. The van der Waals surface area contributed by atoms with Gasteiger partial charge in [0.2, 0.25) is 0 Å². The number of amides is 2. The maximum atomic E-state index is 11.1. The highest BCUT2D eigenvalue weighted by Gasteiger charge is 2.32. The van der Waals surface area contributed by atoms with Crippen molar-refractivity contribution in [2.45, 2.75) is 32.1 Å². The first-order chi connectivity index (χ1) is 7.15. The van der Waals surface area contributed by atoms with Gasteiger partial charge in [0.05, 0.1) is 0 Å². The first-order valence-corrected chi connectivity index (χ1v) is 4.65. The topological polar surface area (TPSA) is 63.7 Å². The number of carbonyl (C=O) groups is 3. The summed E-state index contributed by atoms with van der Waals surface area (Å²) in [5, 5.41) is 0.540. The van der Waals surface area contributed by atoms with Crippen molar-refractivity contribution >= 4 is 17.8 Å². The van der Waals surface area contributed by atoms with Crippen LogP contribution >= 0.6 is 0 Å². The predicted molar refractivity (Wildman–Crippen MR) is 49.9 cm³/mol. The molecular weight excluding hydrogens is 198 g/mol. The molecule has 0 aliphatic carbocycles. The van der Waals surface area contributed by atoms with Crippen LogP contribution in [0.3, 0.4) is 0 Å². The van der Waals surface area contributed by atoms with E-state index in [9.17, 15) is 14.4 Å². The number of terminal acetylenes is 1. The molecule has 0 bridgehead atoms. The summed E-state index contributed by atoms with van der Waals surface area (Å²) >= 11 is 0. The summed E-state index contributed by atoms with van der Waals surface area (Å²) in [5.74, 6) is 0.841. The summed E-state index contributed by atoms with van der Waals surface area (Å²) in [6.07, 6.45) is 6.29.